The molecule has 0 aliphatic rings. The maximum Gasteiger partial charge on any atom is 0.146 e. The van der Waals surface area contributed by atoms with Crippen molar-refractivity contribution < 1.29 is 4.74 Å². The lowest BCUT2D eigenvalue weighted by Crippen LogP contribution is -1.97. The van der Waals surface area contributed by atoms with E-state index in [1.54, 1.807) is 0 Å². The Kier molecular flexibility index (Phi) is 6.62. The van der Waals surface area contributed by atoms with Crippen LogP contribution in [0.15, 0.2) is 58.8 Å². The Hall–Kier alpha value is -2.16. The zero-order valence-electron chi connectivity index (χ0n) is 13.5. The van der Waals surface area contributed by atoms with Crippen LogP contribution in [-0.4, -0.2) is 6.61 Å². The molecule has 3 heteroatoms. The third-order valence-corrected chi connectivity index (χ3v) is 3.40. The Bertz CT molecular complexity index is 608. The molecule has 22 heavy (non-hydrogen) atoms. The van der Waals surface area contributed by atoms with Gasteiger partial charge in [-0.3, -0.25) is 0 Å². The number of unbranched alkanes of at least 4 members (excludes halogenated alkanes) is 3. The van der Waals surface area contributed by atoms with Crippen LogP contribution in [0.4, 0.5) is 11.4 Å². The van der Waals surface area contributed by atoms with E-state index in [4.69, 9.17) is 4.74 Å². The second kappa shape index (κ2) is 8.98. The number of rotatable bonds is 8. The molecule has 0 heterocycles. The highest BCUT2D eigenvalue weighted by Crippen LogP contribution is 2.29. The first-order valence-corrected chi connectivity index (χ1v) is 8.00. The molecule has 0 fully saturated rings. The van der Waals surface area contributed by atoms with Crippen LogP contribution in [0.1, 0.15) is 38.2 Å². The minimum atomic E-state index is 0.733. The summed E-state index contributed by atoms with van der Waals surface area (Å²) in [4.78, 5) is 0. The van der Waals surface area contributed by atoms with E-state index in [0.717, 1.165) is 30.2 Å². The highest BCUT2D eigenvalue weighted by atomic mass is 16.5. The second-order valence-electron chi connectivity index (χ2n) is 5.42. The molecule has 0 radical (unpaired) electrons. The minimum Gasteiger partial charge on any atom is -0.491 e. The maximum atomic E-state index is 5.84. The van der Waals surface area contributed by atoms with Crippen LogP contribution in [0, 0.1) is 6.92 Å². The lowest BCUT2D eigenvalue weighted by molar-refractivity contribution is 0.306. The minimum absolute atomic E-state index is 0.733. The van der Waals surface area contributed by atoms with Gasteiger partial charge in [0.15, 0.2) is 0 Å². The quantitative estimate of drug-likeness (QED) is 0.411. The summed E-state index contributed by atoms with van der Waals surface area (Å²) >= 11 is 0. The predicted molar refractivity (Wildman–Crippen MR) is 91.4 cm³/mol. The number of azo groups is 1. The molecular weight excluding hydrogens is 272 g/mol. The Morgan fingerprint density at radius 1 is 0.909 bits per heavy atom. The number of nitrogens with zero attached hydrogens (tertiary/aromatic N) is 2. The maximum absolute atomic E-state index is 5.84. The summed E-state index contributed by atoms with van der Waals surface area (Å²) in [5.41, 5.74) is 2.81. The topological polar surface area (TPSA) is 34.0 Å². The normalized spacial score (nSPS) is 11.0. The summed E-state index contributed by atoms with van der Waals surface area (Å²) < 4.78 is 5.84. The molecule has 0 amide bonds. The average Bonchev–Trinajstić information content (AvgIpc) is 2.54. The fourth-order valence-electron chi connectivity index (χ4n) is 2.17. The van der Waals surface area contributed by atoms with Crippen LogP contribution in [0.5, 0.6) is 5.75 Å². The number of aryl methyl sites for hydroxylation is 1. The molecule has 0 spiro atoms. The molecule has 0 saturated carbocycles. The molecule has 0 saturated heterocycles. The van der Waals surface area contributed by atoms with E-state index < -0.39 is 0 Å². The van der Waals surface area contributed by atoms with Gasteiger partial charge in [-0.25, -0.2) is 0 Å². The standard InChI is InChI=1S/C19H24N2O/c1-3-4-5-8-14-22-19-13-7-6-12-18(19)21-20-17-11-9-10-16(2)15-17/h6-7,9-13,15H,3-5,8,14H2,1-2H3. The lowest BCUT2D eigenvalue weighted by atomic mass is 10.2. The van der Waals surface area contributed by atoms with Crippen molar-refractivity contribution in [1.29, 1.82) is 0 Å². The van der Waals surface area contributed by atoms with E-state index in [2.05, 4.69) is 17.2 Å². The van der Waals surface area contributed by atoms with E-state index in [1.165, 1.54) is 24.8 Å². The van der Waals surface area contributed by atoms with Crippen LogP contribution in [0.2, 0.25) is 0 Å². The van der Waals surface area contributed by atoms with Crippen molar-refractivity contribution in [3.8, 4) is 5.75 Å². The average molecular weight is 296 g/mol. The highest BCUT2D eigenvalue weighted by Gasteiger charge is 2.02. The summed E-state index contributed by atoms with van der Waals surface area (Å²) in [6.07, 6.45) is 4.79. The van der Waals surface area contributed by atoms with Crippen LogP contribution in [0.25, 0.3) is 0 Å². The summed E-state index contributed by atoms with van der Waals surface area (Å²) in [6.45, 7) is 4.99. The summed E-state index contributed by atoms with van der Waals surface area (Å²) in [5.74, 6) is 0.801. The molecule has 0 aromatic heterocycles. The van der Waals surface area contributed by atoms with Crippen molar-refractivity contribution in [3.05, 3.63) is 54.1 Å². The molecule has 0 bridgehead atoms. The molecule has 0 atom stereocenters. The van der Waals surface area contributed by atoms with Crippen LogP contribution in [0.3, 0.4) is 0 Å². The van der Waals surface area contributed by atoms with Gasteiger partial charge in [0.1, 0.15) is 11.4 Å². The zero-order valence-corrected chi connectivity index (χ0v) is 13.5. The number of hydrogen-bond acceptors (Lipinski definition) is 3. The van der Waals surface area contributed by atoms with Crippen molar-refractivity contribution in [2.75, 3.05) is 6.61 Å². The smallest absolute Gasteiger partial charge is 0.146 e. The van der Waals surface area contributed by atoms with Crippen LogP contribution < -0.4 is 4.74 Å². The Balaban J connectivity index is 1.98. The number of hydrogen-bond donors (Lipinski definition) is 0. The molecule has 0 unspecified atom stereocenters. The Labute approximate surface area is 133 Å². The van der Waals surface area contributed by atoms with Gasteiger partial charge >= 0.3 is 0 Å². The molecule has 3 nitrogen and oxygen atoms in total. The predicted octanol–water partition coefficient (Wildman–Crippen LogP) is 6.37. The first-order valence-electron chi connectivity index (χ1n) is 8.00. The first-order chi connectivity index (χ1) is 10.8. The molecule has 116 valence electrons. The van der Waals surface area contributed by atoms with E-state index in [0.29, 0.717) is 0 Å². The Morgan fingerprint density at radius 3 is 2.59 bits per heavy atom. The van der Waals surface area contributed by atoms with Gasteiger partial charge in [0.05, 0.1) is 12.3 Å². The fourth-order valence-corrected chi connectivity index (χ4v) is 2.17. The SMILES string of the molecule is CCCCCCOc1ccccc1N=Nc1cccc(C)c1. The zero-order chi connectivity index (χ0) is 15.6. The summed E-state index contributed by atoms with van der Waals surface area (Å²) in [7, 11) is 0. The van der Waals surface area contributed by atoms with Gasteiger partial charge < -0.3 is 4.74 Å². The van der Waals surface area contributed by atoms with Gasteiger partial charge in [0, 0.05) is 0 Å². The lowest BCUT2D eigenvalue weighted by Gasteiger charge is -2.07. The van der Waals surface area contributed by atoms with Crippen molar-refractivity contribution in [2.45, 2.75) is 39.5 Å². The number of ether oxygens (including phenoxy) is 1. The second-order valence-corrected chi connectivity index (χ2v) is 5.42. The number of benzene rings is 2. The van der Waals surface area contributed by atoms with Crippen molar-refractivity contribution >= 4 is 11.4 Å². The van der Waals surface area contributed by atoms with E-state index in [1.807, 2.05) is 55.5 Å². The van der Waals surface area contributed by atoms with Gasteiger partial charge in [-0.05, 0) is 43.2 Å². The van der Waals surface area contributed by atoms with Crippen LogP contribution >= 0.6 is 0 Å². The van der Waals surface area contributed by atoms with E-state index in [-0.39, 0.29) is 0 Å². The van der Waals surface area contributed by atoms with E-state index in [9.17, 15) is 0 Å². The molecule has 2 aromatic rings. The third-order valence-electron chi connectivity index (χ3n) is 3.40. The van der Waals surface area contributed by atoms with Crippen molar-refractivity contribution in [1.82, 2.24) is 0 Å². The van der Waals surface area contributed by atoms with Gasteiger partial charge in [0.2, 0.25) is 0 Å². The largest absolute Gasteiger partial charge is 0.491 e. The van der Waals surface area contributed by atoms with Gasteiger partial charge in [-0.2, -0.15) is 5.11 Å². The molecule has 2 rings (SSSR count). The van der Waals surface area contributed by atoms with E-state index >= 15 is 0 Å². The monoisotopic (exact) mass is 296 g/mol. The van der Waals surface area contributed by atoms with Crippen LogP contribution in [-0.2, 0) is 0 Å². The van der Waals surface area contributed by atoms with Gasteiger partial charge in [-0.15, -0.1) is 5.11 Å². The van der Waals surface area contributed by atoms with Crippen molar-refractivity contribution in [2.24, 2.45) is 10.2 Å². The van der Waals surface area contributed by atoms with Crippen molar-refractivity contribution in [3.63, 3.8) is 0 Å². The third kappa shape index (κ3) is 5.32. The summed E-state index contributed by atoms with van der Waals surface area (Å²) in [6, 6.07) is 15.8. The van der Waals surface area contributed by atoms with Gasteiger partial charge in [0.25, 0.3) is 0 Å². The summed E-state index contributed by atoms with van der Waals surface area (Å²) in [5, 5.41) is 8.63. The first kappa shape index (κ1) is 16.2. The highest BCUT2D eigenvalue weighted by molar-refractivity contribution is 5.51. The molecule has 0 aliphatic heterocycles. The molecule has 2 aromatic carbocycles. The Morgan fingerprint density at radius 2 is 1.77 bits per heavy atom. The molecule has 0 N–H and O–H groups in total. The molecule has 0 aliphatic carbocycles. The van der Waals surface area contributed by atoms with Gasteiger partial charge in [-0.1, -0.05) is 50.5 Å². The number of para-hydroxylation sites is 1. The molecular formula is C19H24N2O. The fraction of sp³-hybridized carbons (Fsp3) is 0.368.